The quantitative estimate of drug-likeness (QED) is 0.417. The number of carbonyl (C=O) groups excluding carboxylic acids is 3. The first kappa shape index (κ1) is 24.8. The molecule has 1 atom stereocenters. The van der Waals surface area contributed by atoms with Gasteiger partial charge in [0.05, 0.1) is 10.6 Å². The van der Waals surface area contributed by atoms with E-state index in [0.717, 1.165) is 0 Å². The molecule has 0 radical (unpaired) electrons. The minimum Gasteiger partial charge on any atom is -0.457 e. The molecular formula is C26H25ClN2O5. The Kier molecular flexibility index (Phi) is 8.65. The third-order valence-corrected chi connectivity index (χ3v) is 5.12. The second-order valence-corrected chi connectivity index (χ2v) is 8.18. The fourth-order valence-corrected chi connectivity index (χ4v) is 3.24. The summed E-state index contributed by atoms with van der Waals surface area (Å²) >= 11 is 6.05. The Bertz CT molecular complexity index is 1130. The number of rotatable bonds is 9. The van der Waals surface area contributed by atoms with Crippen molar-refractivity contribution in [3.63, 3.8) is 0 Å². The summed E-state index contributed by atoms with van der Waals surface area (Å²) in [6.07, 6.45) is 0. The van der Waals surface area contributed by atoms with E-state index in [1.807, 2.05) is 30.3 Å². The Hall–Kier alpha value is -3.84. The largest absolute Gasteiger partial charge is 0.457 e. The fraction of sp³-hybridized carbons (Fsp3) is 0.192. The molecule has 2 amide bonds. The smallest absolute Gasteiger partial charge is 0.329 e. The van der Waals surface area contributed by atoms with Crippen molar-refractivity contribution in [3.8, 4) is 11.5 Å². The summed E-state index contributed by atoms with van der Waals surface area (Å²) in [5, 5.41) is 5.56. The summed E-state index contributed by atoms with van der Waals surface area (Å²) in [6, 6.07) is 21.7. The van der Waals surface area contributed by atoms with Crippen molar-refractivity contribution in [1.29, 1.82) is 0 Å². The van der Waals surface area contributed by atoms with E-state index in [0.29, 0.717) is 17.2 Å². The highest BCUT2D eigenvalue weighted by molar-refractivity contribution is 6.33. The Morgan fingerprint density at radius 2 is 1.47 bits per heavy atom. The zero-order valence-electron chi connectivity index (χ0n) is 18.8. The number of nitrogens with one attached hydrogen (secondary N) is 2. The lowest BCUT2D eigenvalue weighted by Gasteiger charge is -2.21. The van der Waals surface area contributed by atoms with Crippen LogP contribution in [0.15, 0.2) is 78.9 Å². The number of para-hydroxylation sites is 1. The van der Waals surface area contributed by atoms with Gasteiger partial charge in [-0.1, -0.05) is 55.8 Å². The first-order chi connectivity index (χ1) is 16.3. The Labute approximate surface area is 203 Å². The van der Waals surface area contributed by atoms with Gasteiger partial charge in [0.2, 0.25) is 0 Å². The molecule has 1 unspecified atom stereocenters. The molecular weight excluding hydrogens is 456 g/mol. The van der Waals surface area contributed by atoms with Gasteiger partial charge in [-0.2, -0.15) is 0 Å². The molecule has 0 fully saturated rings. The zero-order chi connectivity index (χ0) is 24.5. The molecule has 0 saturated carbocycles. The highest BCUT2D eigenvalue weighted by Gasteiger charge is 2.27. The summed E-state index contributed by atoms with van der Waals surface area (Å²) in [6.45, 7) is 3.03. The van der Waals surface area contributed by atoms with Gasteiger partial charge in [-0.15, -0.1) is 0 Å². The van der Waals surface area contributed by atoms with E-state index in [-0.39, 0.29) is 16.5 Å². The number of ether oxygens (including phenoxy) is 2. The average molecular weight is 481 g/mol. The molecule has 0 aliphatic rings. The van der Waals surface area contributed by atoms with Crippen LogP contribution in [-0.2, 0) is 14.3 Å². The lowest BCUT2D eigenvalue weighted by Crippen LogP contribution is -2.46. The fourth-order valence-electron chi connectivity index (χ4n) is 3.02. The number of carbonyl (C=O) groups is 3. The van der Waals surface area contributed by atoms with Crippen molar-refractivity contribution in [3.05, 3.63) is 89.4 Å². The van der Waals surface area contributed by atoms with Crippen LogP contribution in [0.5, 0.6) is 11.5 Å². The second-order valence-electron chi connectivity index (χ2n) is 7.77. The number of anilines is 1. The predicted molar refractivity (Wildman–Crippen MR) is 130 cm³/mol. The van der Waals surface area contributed by atoms with Crippen LogP contribution >= 0.6 is 11.6 Å². The van der Waals surface area contributed by atoms with Gasteiger partial charge in [0.1, 0.15) is 17.5 Å². The summed E-state index contributed by atoms with van der Waals surface area (Å²) in [5.74, 6) is -0.665. The molecule has 0 bridgehead atoms. The molecule has 0 aliphatic carbocycles. The van der Waals surface area contributed by atoms with E-state index < -0.39 is 30.4 Å². The molecule has 0 aliphatic heterocycles. The van der Waals surface area contributed by atoms with Crippen LogP contribution in [-0.4, -0.2) is 30.4 Å². The summed E-state index contributed by atoms with van der Waals surface area (Å²) < 4.78 is 10.9. The zero-order valence-corrected chi connectivity index (χ0v) is 19.5. The van der Waals surface area contributed by atoms with E-state index in [1.165, 1.54) is 0 Å². The summed E-state index contributed by atoms with van der Waals surface area (Å²) in [4.78, 5) is 37.3. The van der Waals surface area contributed by atoms with Crippen molar-refractivity contribution < 1.29 is 23.9 Å². The van der Waals surface area contributed by atoms with E-state index in [2.05, 4.69) is 10.6 Å². The molecule has 7 nitrogen and oxygen atoms in total. The highest BCUT2D eigenvalue weighted by Crippen LogP contribution is 2.22. The van der Waals surface area contributed by atoms with Crippen LogP contribution in [0.25, 0.3) is 0 Å². The van der Waals surface area contributed by atoms with Crippen molar-refractivity contribution in [2.75, 3.05) is 11.9 Å². The molecule has 0 aromatic heterocycles. The van der Waals surface area contributed by atoms with Crippen LogP contribution in [0, 0.1) is 5.92 Å². The van der Waals surface area contributed by atoms with Crippen LogP contribution in [0.4, 0.5) is 5.69 Å². The summed E-state index contributed by atoms with van der Waals surface area (Å²) in [7, 11) is 0. The Morgan fingerprint density at radius 1 is 0.853 bits per heavy atom. The third-order valence-electron chi connectivity index (χ3n) is 4.79. The monoisotopic (exact) mass is 480 g/mol. The van der Waals surface area contributed by atoms with Gasteiger partial charge in [-0.3, -0.25) is 9.59 Å². The van der Waals surface area contributed by atoms with Gasteiger partial charge in [-0.25, -0.2) is 4.79 Å². The second kappa shape index (κ2) is 11.9. The Morgan fingerprint density at radius 3 is 2.12 bits per heavy atom. The molecule has 3 rings (SSSR count). The van der Waals surface area contributed by atoms with Crippen molar-refractivity contribution in [1.82, 2.24) is 5.32 Å². The molecule has 0 saturated heterocycles. The van der Waals surface area contributed by atoms with Gasteiger partial charge in [-0.05, 0) is 54.4 Å². The van der Waals surface area contributed by atoms with E-state index in [4.69, 9.17) is 21.1 Å². The normalized spacial score (nSPS) is 11.4. The molecule has 176 valence electrons. The number of amides is 2. The minimum absolute atomic E-state index is 0.250. The van der Waals surface area contributed by atoms with Gasteiger partial charge in [0.15, 0.2) is 6.61 Å². The van der Waals surface area contributed by atoms with E-state index in [1.54, 1.807) is 62.4 Å². The van der Waals surface area contributed by atoms with Crippen LogP contribution in [0.2, 0.25) is 5.02 Å². The topological polar surface area (TPSA) is 93.7 Å². The number of hydrogen-bond donors (Lipinski definition) is 2. The first-order valence-electron chi connectivity index (χ1n) is 10.7. The maximum Gasteiger partial charge on any atom is 0.329 e. The van der Waals surface area contributed by atoms with Gasteiger partial charge in [0, 0.05) is 5.69 Å². The average Bonchev–Trinajstić information content (AvgIpc) is 2.83. The number of esters is 1. The van der Waals surface area contributed by atoms with Crippen molar-refractivity contribution >= 4 is 35.1 Å². The predicted octanol–water partition coefficient (Wildman–Crippen LogP) is 5.07. The van der Waals surface area contributed by atoms with E-state index in [9.17, 15) is 14.4 Å². The number of halogens is 1. The maximum atomic E-state index is 12.5. The molecule has 3 aromatic carbocycles. The van der Waals surface area contributed by atoms with Gasteiger partial charge in [0.25, 0.3) is 11.8 Å². The van der Waals surface area contributed by atoms with Crippen molar-refractivity contribution in [2.24, 2.45) is 5.92 Å². The lowest BCUT2D eigenvalue weighted by molar-refractivity contribution is -0.150. The van der Waals surface area contributed by atoms with Crippen LogP contribution in [0.1, 0.15) is 24.2 Å². The first-order valence-corrected chi connectivity index (χ1v) is 11.1. The number of hydrogen-bond acceptors (Lipinski definition) is 5. The van der Waals surface area contributed by atoms with Gasteiger partial charge >= 0.3 is 5.97 Å². The van der Waals surface area contributed by atoms with Crippen LogP contribution in [0.3, 0.4) is 0 Å². The third kappa shape index (κ3) is 7.08. The lowest BCUT2D eigenvalue weighted by atomic mass is 10.0. The van der Waals surface area contributed by atoms with Crippen molar-refractivity contribution in [2.45, 2.75) is 19.9 Å². The SMILES string of the molecule is CC(C)C(NC(=O)c1ccccc1Cl)C(=O)OCC(=O)Nc1ccc(Oc2ccccc2)cc1. The minimum atomic E-state index is -0.939. The maximum absolute atomic E-state index is 12.5. The molecule has 3 aromatic rings. The van der Waals surface area contributed by atoms with Gasteiger partial charge < -0.3 is 20.1 Å². The molecule has 8 heteroatoms. The standard InChI is InChI=1S/C26H25ClN2O5/c1-17(2)24(29-25(31)21-10-6-7-11-22(21)27)26(32)33-16-23(30)28-18-12-14-20(15-13-18)34-19-8-4-3-5-9-19/h3-15,17,24H,16H2,1-2H3,(H,28,30)(H,29,31). The number of benzene rings is 3. The molecule has 0 spiro atoms. The molecule has 34 heavy (non-hydrogen) atoms. The Balaban J connectivity index is 1.51. The molecule has 0 heterocycles. The molecule has 2 N–H and O–H groups in total. The summed E-state index contributed by atoms with van der Waals surface area (Å²) in [5.41, 5.74) is 0.772. The highest BCUT2D eigenvalue weighted by atomic mass is 35.5. The van der Waals surface area contributed by atoms with E-state index >= 15 is 0 Å². The van der Waals surface area contributed by atoms with Crippen LogP contribution < -0.4 is 15.4 Å².